The SMILES string of the molecule is Cc1ccc(OCc2c(C(=O)N3CCC(n4cnnc4C)C3)noc2C)cc1. The molecule has 1 atom stereocenters. The molecule has 0 N–H and O–H groups in total. The third kappa shape index (κ3) is 3.49. The molecule has 28 heavy (non-hydrogen) atoms. The molecule has 0 saturated carbocycles. The highest BCUT2D eigenvalue weighted by molar-refractivity contribution is 5.94. The topological polar surface area (TPSA) is 86.3 Å². The first-order valence-electron chi connectivity index (χ1n) is 9.33. The van der Waals surface area contributed by atoms with Gasteiger partial charge in [0.15, 0.2) is 5.69 Å². The molecule has 1 fully saturated rings. The molecule has 146 valence electrons. The van der Waals surface area contributed by atoms with Gasteiger partial charge in [-0.2, -0.15) is 0 Å². The first-order valence-corrected chi connectivity index (χ1v) is 9.33. The summed E-state index contributed by atoms with van der Waals surface area (Å²) in [6, 6.07) is 7.97. The van der Waals surface area contributed by atoms with Gasteiger partial charge in [-0.25, -0.2) is 0 Å². The molecule has 0 aliphatic carbocycles. The second kappa shape index (κ2) is 7.46. The van der Waals surface area contributed by atoms with Crippen LogP contribution in [0.25, 0.3) is 0 Å². The molecule has 0 spiro atoms. The number of carbonyl (C=O) groups is 1. The van der Waals surface area contributed by atoms with E-state index in [-0.39, 0.29) is 18.6 Å². The van der Waals surface area contributed by atoms with Crippen molar-refractivity contribution in [3.8, 4) is 5.75 Å². The average Bonchev–Trinajstić information content (AvgIpc) is 3.41. The van der Waals surface area contributed by atoms with E-state index in [0.29, 0.717) is 30.1 Å². The summed E-state index contributed by atoms with van der Waals surface area (Å²) >= 11 is 0. The molecule has 1 amide bonds. The van der Waals surface area contributed by atoms with Gasteiger partial charge in [-0.15, -0.1) is 10.2 Å². The van der Waals surface area contributed by atoms with E-state index in [4.69, 9.17) is 9.26 Å². The van der Waals surface area contributed by atoms with Gasteiger partial charge in [0.05, 0.1) is 11.6 Å². The maximum absolute atomic E-state index is 13.0. The minimum absolute atomic E-state index is 0.132. The van der Waals surface area contributed by atoms with Crippen LogP contribution in [0.3, 0.4) is 0 Å². The number of rotatable bonds is 5. The third-order valence-electron chi connectivity index (χ3n) is 5.19. The fourth-order valence-electron chi connectivity index (χ4n) is 3.48. The summed E-state index contributed by atoms with van der Waals surface area (Å²) in [5.74, 6) is 2.06. The fourth-order valence-corrected chi connectivity index (χ4v) is 3.48. The normalized spacial score (nSPS) is 16.5. The summed E-state index contributed by atoms with van der Waals surface area (Å²) in [6.45, 7) is 7.23. The molecule has 1 unspecified atom stereocenters. The Hall–Kier alpha value is -3.16. The second-order valence-electron chi connectivity index (χ2n) is 7.15. The molecule has 3 aromatic rings. The molecule has 1 aliphatic rings. The van der Waals surface area contributed by atoms with E-state index in [9.17, 15) is 4.79 Å². The van der Waals surface area contributed by atoms with Gasteiger partial charge < -0.3 is 18.7 Å². The minimum atomic E-state index is -0.132. The van der Waals surface area contributed by atoms with Gasteiger partial charge in [-0.05, 0) is 39.3 Å². The van der Waals surface area contributed by atoms with Crippen LogP contribution < -0.4 is 4.74 Å². The van der Waals surface area contributed by atoms with Gasteiger partial charge in [0.1, 0.15) is 30.3 Å². The summed E-state index contributed by atoms with van der Waals surface area (Å²) in [4.78, 5) is 14.8. The summed E-state index contributed by atoms with van der Waals surface area (Å²) in [5.41, 5.74) is 2.18. The lowest BCUT2D eigenvalue weighted by molar-refractivity contribution is 0.0775. The van der Waals surface area contributed by atoms with Crippen LogP contribution in [0.1, 0.15) is 45.7 Å². The third-order valence-corrected chi connectivity index (χ3v) is 5.19. The van der Waals surface area contributed by atoms with Crippen molar-refractivity contribution in [2.24, 2.45) is 0 Å². The zero-order valence-corrected chi connectivity index (χ0v) is 16.3. The van der Waals surface area contributed by atoms with E-state index < -0.39 is 0 Å². The number of carbonyl (C=O) groups excluding carboxylic acids is 1. The number of hydrogen-bond acceptors (Lipinski definition) is 6. The Bertz CT molecular complexity index is 976. The molecule has 2 aromatic heterocycles. The first kappa shape index (κ1) is 18.2. The number of likely N-dealkylation sites (tertiary alicyclic amines) is 1. The molecule has 0 bridgehead atoms. The standard InChI is InChI=1S/C20H23N5O3/c1-13-4-6-17(7-5-13)27-11-18-14(2)28-23-19(18)20(26)24-9-8-16(10-24)25-12-21-22-15(25)3/h4-7,12,16H,8-11H2,1-3H3. The van der Waals surface area contributed by atoms with Gasteiger partial charge in [-0.1, -0.05) is 22.9 Å². The van der Waals surface area contributed by atoms with E-state index in [0.717, 1.165) is 23.6 Å². The monoisotopic (exact) mass is 381 g/mol. The van der Waals surface area contributed by atoms with E-state index in [1.165, 1.54) is 0 Å². The van der Waals surface area contributed by atoms with Gasteiger partial charge in [0.2, 0.25) is 0 Å². The zero-order chi connectivity index (χ0) is 19.7. The van der Waals surface area contributed by atoms with Crippen LogP contribution in [0, 0.1) is 20.8 Å². The number of hydrogen-bond donors (Lipinski definition) is 0. The molecule has 8 nitrogen and oxygen atoms in total. The van der Waals surface area contributed by atoms with Crippen LogP contribution >= 0.6 is 0 Å². The van der Waals surface area contributed by atoms with Crippen LogP contribution in [0.5, 0.6) is 5.75 Å². The lowest BCUT2D eigenvalue weighted by Gasteiger charge is -2.17. The minimum Gasteiger partial charge on any atom is -0.489 e. The predicted molar refractivity (Wildman–Crippen MR) is 101 cm³/mol. The smallest absolute Gasteiger partial charge is 0.276 e. The quantitative estimate of drug-likeness (QED) is 0.675. The maximum Gasteiger partial charge on any atom is 0.276 e. The number of aryl methyl sites for hydroxylation is 3. The molecular weight excluding hydrogens is 358 g/mol. The van der Waals surface area contributed by atoms with Gasteiger partial charge in [0, 0.05) is 13.1 Å². The average molecular weight is 381 g/mol. The van der Waals surface area contributed by atoms with Crippen molar-refractivity contribution in [2.45, 2.75) is 39.8 Å². The molecule has 4 rings (SSSR count). The van der Waals surface area contributed by atoms with E-state index >= 15 is 0 Å². The molecule has 8 heteroatoms. The fraction of sp³-hybridized carbons (Fsp3) is 0.400. The number of amides is 1. The van der Waals surface area contributed by atoms with Crippen molar-refractivity contribution in [1.29, 1.82) is 0 Å². The van der Waals surface area contributed by atoms with Crippen molar-refractivity contribution in [3.05, 3.63) is 59.0 Å². The van der Waals surface area contributed by atoms with E-state index in [1.807, 2.05) is 42.7 Å². The summed E-state index contributed by atoms with van der Waals surface area (Å²) < 4.78 is 13.2. The maximum atomic E-state index is 13.0. The molecular formula is C20H23N5O3. The molecule has 1 aliphatic heterocycles. The number of ether oxygens (including phenoxy) is 1. The highest BCUT2D eigenvalue weighted by Gasteiger charge is 2.32. The predicted octanol–water partition coefficient (Wildman–Crippen LogP) is 2.86. The first-order chi connectivity index (χ1) is 13.5. The summed E-state index contributed by atoms with van der Waals surface area (Å²) in [6.07, 6.45) is 2.58. The molecule has 0 radical (unpaired) electrons. The largest absolute Gasteiger partial charge is 0.489 e. The molecule has 3 heterocycles. The van der Waals surface area contributed by atoms with Crippen molar-refractivity contribution in [2.75, 3.05) is 13.1 Å². The van der Waals surface area contributed by atoms with Gasteiger partial charge in [-0.3, -0.25) is 4.79 Å². The Labute approximate surface area is 163 Å². The molecule has 1 aromatic carbocycles. The van der Waals surface area contributed by atoms with Crippen LogP contribution in [-0.4, -0.2) is 43.8 Å². The zero-order valence-electron chi connectivity index (χ0n) is 16.3. The van der Waals surface area contributed by atoms with E-state index in [1.54, 1.807) is 18.2 Å². The van der Waals surface area contributed by atoms with Gasteiger partial charge in [0.25, 0.3) is 5.91 Å². The Balaban J connectivity index is 1.46. The Morgan fingerprint density at radius 2 is 2.04 bits per heavy atom. The number of nitrogens with zero attached hydrogens (tertiary/aromatic N) is 5. The van der Waals surface area contributed by atoms with Crippen molar-refractivity contribution in [3.63, 3.8) is 0 Å². The number of benzene rings is 1. The van der Waals surface area contributed by atoms with Gasteiger partial charge >= 0.3 is 0 Å². The highest BCUT2D eigenvalue weighted by atomic mass is 16.5. The summed E-state index contributed by atoms with van der Waals surface area (Å²) in [7, 11) is 0. The van der Waals surface area contributed by atoms with E-state index in [2.05, 4.69) is 15.4 Å². The Morgan fingerprint density at radius 3 is 2.75 bits per heavy atom. The van der Waals surface area contributed by atoms with Crippen molar-refractivity contribution < 1.29 is 14.1 Å². The lowest BCUT2D eigenvalue weighted by atomic mass is 10.2. The van der Waals surface area contributed by atoms with Crippen molar-refractivity contribution >= 4 is 5.91 Å². The van der Waals surface area contributed by atoms with Crippen LogP contribution in [0.4, 0.5) is 0 Å². The molecule has 1 saturated heterocycles. The Morgan fingerprint density at radius 1 is 1.25 bits per heavy atom. The highest BCUT2D eigenvalue weighted by Crippen LogP contribution is 2.26. The van der Waals surface area contributed by atoms with Crippen molar-refractivity contribution in [1.82, 2.24) is 24.8 Å². The van der Waals surface area contributed by atoms with Crippen LogP contribution in [-0.2, 0) is 6.61 Å². The van der Waals surface area contributed by atoms with Crippen LogP contribution in [0.2, 0.25) is 0 Å². The lowest BCUT2D eigenvalue weighted by Crippen LogP contribution is -2.30. The summed E-state index contributed by atoms with van der Waals surface area (Å²) in [5, 5.41) is 12.0. The number of aromatic nitrogens is 4. The second-order valence-corrected chi connectivity index (χ2v) is 7.15. The van der Waals surface area contributed by atoms with Crippen LogP contribution in [0.15, 0.2) is 35.1 Å². The Kier molecular flexibility index (Phi) is 4.85.